The summed E-state index contributed by atoms with van der Waals surface area (Å²) in [6.07, 6.45) is -0.363. The van der Waals surface area contributed by atoms with Crippen LogP contribution in [0.3, 0.4) is 0 Å². The second-order valence-electron chi connectivity index (χ2n) is 5.47. The molecule has 0 aliphatic carbocycles. The largest absolute Gasteiger partial charge is 0.465 e. The van der Waals surface area contributed by atoms with Crippen molar-refractivity contribution in [3.63, 3.8) is 0 Å². The lowest BCUT2D eigenvalue weighted by atomic mass is 10.1. The number of furan rings is 1. The van der Waals surface area contributed by atoms with Crippen LogP contribution in [0.5, 0.6) is 0 Å². The molecule has 0 bridgehead atoms. The van der Waals surface area contributed by atoms with Gasteiger partial charge in [-0.25, -0.2) is 0 Å². The molecule has 0 saturated heterocycles. The predicted octanol–water partition coefficient (Wildman–Crippen LogP) is 3.77. The number of hydrogen-bond acceptors (Lipinski definition) is 3. The molecule has 1 aromatic carbocycles. The number of anilines is 1. The van der Waals surface area contributed by atoms with Gasteiger partial charge in [-0.05, 0) is 42.8 Å². The van der Waals surface area contributed by atoms with Crippen molar-refractivity contribution >= 4 is 23.6 Å². The maximum Gasteiger partial charge on any atom is 0.416 e. The van der Waals surface area contributed by atoms with Crippen LogP contribution in [0.1, 0.15) is 23.3 Å². The van der Waals surface area contributed by atoms with Crippen LogP contribution in [-0.2, 0) is 15.8 Å². The summed E-state index contributed by atoms with van der Waals surface area (Å²) >= 11 is 0. The van der Waals surface area contributed by atoms with Gasteiger partial charge in [-0.2, -0.15) is 13.2 Å². The molecule has 0 fully saturated rings. The predicted molar refractivity (Wildman–Crippen MR) is 90.2 cm³/mol. The lowest BCUT2D eigenvalue weighted by Gasteiger charge is -2.12. The summed E-state index contributed by atoms with van der Waals surface area (Å²) in [5.41, 5.74) is -0.672. The minimum atomic E-state index is -4.49. The molecule has 8 heteroatoms. The van der Waals surface area contributed by atoms with Gasteiger partial charge in [-0.15, -0.1) is 0 Å². The summed E-state index contributed by atoms with van der Waals surface area (Å²) in [5, 5.41) is 4.88. The molecule has 0 unspecified atom stereocenters. The van der Waals surface area contributed by atoms with Crippen LogP contribution in [0.25, 0.3) is 6.08 Å². The van der Waals surface area contributed by atoms with Crippen molar-refractivity contribution in [3.05, 3.63) is 59.6 Å². The van der Waals surface area contributed by atoms with E-state index < -0.39 is 23.6 Å². The van der Waals surface area contributed by atoms with E-state index in [9.17, 15) is 22.8 Å². The van der Waals surface area contributed by atoms with Crippen LogP contribution < -0.4 is 10.6 Å². The molecule has 26 heavy (non-hydrogen) atoms. The molecule has 2 N–H and O–H groups in total. The number of aryl methyl sites for hydroxylation is 1. The van der Waals surface area contributed by atoms with E-state index in [0.717, 1.165) is 6.07 Å². The molecule has 1 aromatic heterocycles. The molecular formula is C18H17F3N2O3. The van der Waals surface area contributed by atoms with E-state index in [0.29, 0.717) is 5.76 Å². The zero-order valence-electron chi connectivity index (χ0n) is 13.9. The van der Waals surface area contributed by atoms with Gasteiger partial charge in [-0.3, -0.25) is 9.59 Å². The first-order valence-electron chi connectivity index (χ1n) is 7.73. The molecule has 138 valence electrons. The number of hydrogen-bond donors (Lipinski definition) is 2. The molecule has 0 radical (unpaired) electrons. The maximum atomic E-state index is 12.9. The van der Waals surface area contributed by atoms with Crippen LogP contribution in [0, 0.1) is 6.92 Å². The first-order valence-corrected chi connectivity index (χ1v) is 7.73. The van der Waals surface area contributed by atoms with E-state index in [4.69, 9.17) is 4.42 Å². The Morgan fingerprint density at radius 2 is 2.00 bits per heavy atom. The van der Waals surface area contributed by atoms with Crippen molar-refractivity contribution in [2.24, 2.45) is 0 Å². The average Bonchev–Trinajstić information content (AvgIpc) is 3.07. The summed E-state index contributed by atoms with van der Waals surface area (Å²) in [5.74, 6) is -0.404. The van der Waals surface area contributed by atoms with Crippen molar-refractivity contribution in [2.45, 2.75) is 19.5 Å². The molecule has 0 aliphatic heterocycles. The Balaban J connectivity index is 1.81. The van der Waals surface area contributed by atoms with Crippen molar-refractivity contribution in [2.75, 3.05) is 11.9 Å². The molecule has 2 aromatic rings. The fourth-order valence-corrected chi connectivity index (χ4v) is 2.13. The highest BCUT2D eigenvalue weighted by atomic mass is 19.4. The van der Waals surface area contributed by atoms with Gasteiger partial charge >= 0.3 is 6.18 Å². The molecular weight excluding hydrogens is 349 g/mol. The lowest BCUT2D eigenvalue weighted by Crippen LogP contribution is -2.26. The SMILES string of the molecule is Cc1ccc(NC(=O)CCNC(=O)/C=C/c2ccco2)cc1C(F)(F)F. The van der Waals surface area contributed by atoms with Crippen molar-refractivity contribution < 1.29 is 27.2 Å². The summed E-state index contributed by atoms with van der Waals surface area (Å²) in [4.78, 5) is 23.4. The Morgan fingerprint density at radius 1 is 1.23 bits per heavy atom. The minimum Gasteiger partial charge on any atom is -0.465 e. The Labute approximate surface area is 147 Å². The Kier molecular flexibility index (Phi) is 6.21. The van der Waals surface area contributed by atoms with Gasteiger partial charge in [-0.1, -0.05) is 6.07 Å². The Hall–Kier alpha value is -3.03. The van der Waals surface area contributed by atoms with Crippen LogP contribution in [-0.4, -0.2) is 18.4 Å². The van der Waals surface area contributed by atoms with Gasteiger partial charge in [0.05, 0.1) is 11.8 Å². The number of carbonyl (C=O) groups excluding carboxylic acids is 2. The first kappa shape index (κ1) is 19.3. The van der Waals surface area contributed by atoms with E-state index in [1.165, 1.54) is 37.5 Å². The normalized spacial score (nSPS) is 11.5. The third-order valence-corrected chi connectivity index (χ3v) is 3.42. The van der Waals surface area contributed by atoms with E-state index in [1.54, 1.807) is 12.1 Å². The number of rotatable bonds is 6. The fourth-order valence-electron chi connectivity index (χ4n) is 2.13. The van der Waals surface area contributed by atoms with Gasteiger partial charge in [0.2, 0.25) is 11.8 Å². The molecule has 0 spiro atoms. The molecule has 0 saturated carbocycles. The maximum absolute atomic E-state index is 12.9. The number of amides is 2. The highest BCUT2D eigenvalue weighted by Crippen LogP contribution is 2.33. The Bertz CT molecular complexity index is 797. The topological polar surface area (TPSA) is 71.3 Å². The molecule has 0 atom stereocenters. The monoisotopic (exact) mass is 366 g/mol. The van der Waals surface area contributed by atoms with Gasteiger partial charge in [0.15, 0.2) is 0 Å². The molecule has 1 heterocycles. The fraction of sp³-hybridized carbons (Fsp3) is 0.222. The van der Waals surface area contributed by atoms with Crippen molar-refractivity contribution in [1.82, 2.24) is 5.32 Å². The lowest BCUT2D eigenvalue weighted by molar-refractivity contribution is -0.138. The molecule has 2 amide bonds. The van der Waals surface area contributed by atoms with Crippen molar-refractivity contribution in [1.29, 1.82) is 0 Å². The number of benzene rings is 1. The zero-order valence-corrected chi connectivity index (χ0v) is 13.9. The smallest absolute Gasteiger partial charge is 0.416 e. The third kappa shape index (κ3) is 5.80. The average molecular weight is 366 g/mol. The number of carbonyl (C=O) groups is 2. The quantitative estimate of drug-likeness (QED) is 0.765. The summed E-state index contributed by atoms with van der Waals surface area (Å²) in [6, 6.07) is 6.93. The molecule has 0 aliphatic rings. The van der Waals surface area contributed by atoms with E-state index in [2.05, 4.69) is 10.6 Å². The van der Waals surface area contributed by atoms with E-state index in [-0.39, 0.29) is 24.2 Å². The zero-order chi connectivity index (χ0) is 19.2. The summed E-state index contributed by atoms with van der Waals surface area (Å²) in [7, 11) is 0. The number of alkyl halides is 3. The first-order chi connectivity index (χ1) is 12.3. The van der Waals surface area contributed by atoms with Gasteiger partial charge in [0.25, 0.3) is 0 Å². The van der Waals surface area contributed by atoms with E-state index >= 15 is 0 Å². The number of nitrogens with one attached hydrogen (secondary N) is 2. The van der Waals surface area contributed by atoms with Crippen molar-refractivity contribution in [3.8, 4) is 0 Å². The van der Waals surface area contributed by atoms with Crippen LogP contribution >= 0.6 is 0 Å². The third-order valence-electron chi connectivity index (χ3n) is 3.42. The van der Waals surface area contributed by atoms with Gasteiger partial charge in [0.1, 0.15) is 5.76 Å². The van der Waals surface area contributed by atoms with Crippen LogP contribution in [0.4, 0.5) is 18.9 Å². The standard InChI is InChI=1S/C18H17F3N2O3/c1-12-4-5-13(11-15(12)18(19,20)21)23-17(25)8-9-22-16(24)7-6-14-3-2-10-26-14/h2-7,10-11H,8-9H2,1H3,(H,22,24)(H,23,25)/b7-6+. The van der Waals surface area contributed by atoms with Crippen LogP contribution in [0.2, 0.25) is 0 Å². The van der Waals surface area contributed by atoms with Gasteiger partial charge in [0, 0.05) is 24.7 Å². The highest BCUT2D eigenvalue weighted by molar-refractivity contribution is 5.93. The van der Waals surface area contributed by atoms with Gasteiger partial charge < -0.3 is 15.1 Å². The summed E-state index contributed by atoms with van der Waals surface area (Å²) in [6.45, 7) is 1.39. The highest BCUT2D eigenvalue weighted by Gasteiger charge is 2.32. The van der Waals surface area contributed by atoms with E-state index in [1.807, 2.05) is 0 Å². The minimum absolute atomic E-state index is 0.0468. The Morgan fingerprint density at radius 3 is 2.65 bits per heavy atom. The number of halogens is 3. The van der Waals surface area contributed by atoms with Crippen LogP contribution in [0.15, 0.2) is 47.1 Å². The molecule has 2 rings (SSSR count). The second-order valence-corrected chi connectivity index (χ2v) is 5.47. The molecule has 5 nitrogen and oxygen atoms in total. The second kappa shape index (κ2) is 8.37. The summed E-state index contributed by atoms with van der Waals surface area (Å²) < 4.78 is 43.6.